The number of hydrogen-bond donors (Lipinski definition) is 1. The molecule has 1 aliphatic carbocycles. The Labute approximate surface area is 181 Å². The summed E-state index contributed by atoms with van der Waals surface area (Å²) in [5.74, 6) is 2.66. The van der Waals surface area contributed by atoms with Crippen LogP contribution in [0.2, 0.25) is 0 Å². The number of aliphatic imine (C=N–C) groups is 1. The summed E-state index contributed by atoms with van der Waals surface area (Å²) in [5.41, 5.74) is 0. The van der Waals surface area contributed by atoms with Gasteiger partial charge >= 0.3 is 0 Å². The third kappa shape index (κ3) is 6.45. The van der Waals surface area contributed by atoms with Crippen molar-refractivity contribution < 1.29 is 8.42 Å². The second-order valence-electron chi connectivity index (χ2n) is 8.81. The van der Waals surface area contributed by atoms with Crippen molar-refractivity contribution in [1.82, 2.24) is 15.1 Å². The lowest BCUT2D eigenvalue weighted by molar-refractivity contribution is 0.198. The van der Waals surface area contributed by atoms with Gasteiger partial charge in [0.15, 0.2) is 15.8 Å². The molecule has 0 amide bonds. The molecule has 156 valence electrons. The number of halogens is 1. The zero-order chi connectivity index (χ0) is 18.0. The summed E-state index contributed by atoms with van der Waals surface area (Å²) in [7, 11) is -2.81. The van der Waals surface area contributed by atoms with Crippen LogP contribution in [0.15, 0.2) is 4.99 Å². The first-order valence-corrected chi connectivity index (χ1v) is 12.4. The third-order valence-electron chi connectivity index (χ3n) is 6.29. The molecule has 3 heterocycles. The summed E-state index contributed by atoms with van der Waals surface area (Å²) in [6, 6.07) is 0.585. The Morgan fingerprint density at radius 1 is 1.00 bits per heavy atom. The van der Waals surface area contributed by atoms with Gasteiger partial charge in [-0.1, -0.05) is 6.42 Å². The number of rotatable bonds is 5. The van der Waals surface area contributed by atoms with Crippen molar-refractivity contribution in [2.75, 3.05) is 50.8 Å². The normalized spacial score (nSPS) is 31.7. The van der Waals surface area contributed by atoms with E-state index >= 15 is 0 Å². The van der Waals surface area contributed by atoms with Crippen LogP contribution in [0.3, 0.4) is 0 Å². The SMILES string of the molecule is I.O=S1(=O)CCC(CN=C(NC2CC2)N2CCC(CN3CCCCC3)C2)C1. The fraction of sp³-hybridized carbons (Fsp3) is 0.947. The molecule has 1 N–H and O–H groups in total. The molecular formula is C19H35IN4O2S. The summed E-state index contributed by atoms with van der Waals surface area (Å²) in [4.78, 5) is 9.94. The summed E-state index contributed by atoms with van der Waals surface area (Å²) < 4.78 is 23.4. The lowest BCUT2D eigenvalue weighted by Gasteiger charge is -2.29. The van der Waals surface area contributed by atoms with E-state index in [9.17, 15) is 8.42 Å². The number of nitrogens with zero attached hydrogens (tertiary/aromatic N) is 3. The van der Waals surface area contributed by atoms with E-state index in [-0.39, 0.29) is 29.9 Å². The maximum Gasteiger partial charge on any atom is 0.194 e. The van der Waals surface area contributed by atoms with Crippen molar-refractivity contribution in [1.29, 1.82) is 0 Å². The Kier molecular flexibility index (Phi) is 7.69. The van der Waals surface area contributed by atoms with Gasteiger partial charge in [0.2, 0.25) is 0 Å². The van der Waals surface area contributed by atoms with Crippen LogP contribution in [0.4, 0.5) is 0 Å². The van der Waals surface area contributed by atoms with Gasteiger partial charge in [0.25, 0.3) is 0 Å². The van der Waals surface area contributed by atoms with Crippen molar-refractivity contribution in [2.24, 2.45) is 16.8 Å². The highest BCUT2D eigenvalue weighted by Crippen LogP contribution is 2.24. The summed E-state index contributed by atoms with van der Waals surface area (Å²) in [5, 5.41) is 3.61. The predicted octanol–water partition coefficient (Wildman–Crippen LogP) is 1.95. The van der Waals surface area contributed by atoms with E-state index in [0.717, 1.165) is 31.4 Å². The molecule has 0 aromatic carbocycles. The lowest BCUT2D eigenvalue weighted by atomic mass is 10.1. The molecule has 3 saturated heterocycles. The number of piperidine rings is 1. The highest BCUT2D eigenvalue weighted by Gasteiger charge is 2.32. The lowest BCUT2D eigenvalue weighted by Crippen LogP contribution is -2.42. The standard InChI is InChI=1S/C19H34N4O2S.HI/c24-26(25)11-7-16(15-26)12-20-19(21-18-4-5-18)23-10-6-17(14-23)13-22-8-2-1-3-9-22;/h16-18H,1-15H2,(H,20,21);1H. The van der Waals surface area contributed by atoms with Gasteiger partial charge in [0.05, 0.1) is 11.5 Å². The van der Waals surface area contributed by atoms with Crippen LogP contribution in [-0.4, -0.2) is 81.0 Å². The number of likely N-dealkylation sites (tertiary alicyclic amines) is 2. The molecule has 8 heteroatoms. The quantitative estimate of drug-likeness (QED) is 0.348. The van der Waals surface area contributed by atoms with Gasteiger partial charge in [-0.15, -0.1) is 24.0 Å². The predicted molar refractivity (Wildman–Crippen MR) is 121 cm³/mol. The minimum absolute atomic E-state index is 0. The largest absolute Gasteiger partial charge is 0.354 e. The Hall–Kier alpha value is -0.0900. The first kappa shape index (κ1) is 21.6. The van der Waals surface area contributed by atoms with E-state index in [1.165, 1.54) is 58.2 Å². The Morgan fingerprint density at radius 2 is 1.78 bits per heavy atom. The fourth-order valence-electron chi connectivity index (χ4n) is 4.56. The van der Waals surface area contributed by atoms with E-state index in [4.69, 9.17) is 4.99 Å². The third-order valence-corrected chi connectivity index (χ3v) is 8.12. The molecule has 0 aromatic rings. The van der Waals surface area contributed by atoms with E-state index in [1.54, 1.807) is 0 Å². The highest BCUT2D eigenvalue weighted by molar-refractivity contribution is 14.0. The molecular weight excluding hydrogens is 475 g/mol. The van der Waals surface area contributed by atoms with E-state index in [2.05, 4.69) is 15.1 Å². The number of guanidine groups is 1. The molecule has 2 atom stereocenters. The number of hydrogen-bond acceptors (Lipinski definition) is 4. The topological polar surface area (TPSA) is 65.0 Å². The molecule has 0 aromatic heterocycles. The highest BCUT2D eigenvalue weighted by atomic mass is 127. The van der Waals surface area contributed by atoms with Crippen LogP contribution in [0.25, 0.3) is 0 Å². The van der Waals surface area contributed by atoms with Crippen LogP contribution >= 0.6 is 24.0 Å². The average molecular weight is 510 g/mol. The molecule has 0 spiro atoms. The molecule has 27 heavy (non-hydrogen) atoms. The maximum atomic E-state index is 11.7. The molecule has 4 fully saturated rings. The van der Waals surface area contributed by atoms with E-state index < -0.39 is 9.84 Å². The fourth-order valence-corrected chi connectivity index (χ4v) is 6.41. The zero-order valence-corrected chi connectivity index (χ0v) is 19.5. The molecule has 2 unspecified atom stereocenters. The van der Waals surface area contributed by atoms with Gasteiger partial charge in [-0.05, 0) is 63.5 Å². The van der Waals surface area contributed by atoms with Crippen molar-refractivity contribution in [3.05, 3.63) is 0 Å². The van der Waals surface area contributed by atoms with Crippen molar-refractivity contribution in [2.45, 2.75) is 51.0 Å². The van der Waals surface area contributed by atoms with Gasteiger partial charge in [0, 0.05) is 32.2 Å². The summed E-state index contributed by atoms with van der Waals surface area (Å²) in [6.07, 6.45) is 8.61. The molecule has 4 rings (SSSR count). The van der Waals surface area contributed by atoms with E-state index in [0.29, 0.717) is 24.1 Å². The van der Waals surface area contributed by atoms with Gasteiger partial charge in [0.1, 0.15) is 0 Å². The van der Waals surface area contributed by atoms with Crippen molar-refractivity contribution in [3.63, 3.8) is 0 Å². The number of sulfone groups is 1. The summed E-state index contributed by atoms with van der Waals surface area (Å²) in [6.45, 7) is 6.61. The van der Waals surface area contributed by atoms with Crippen LogP contribution in [0.5, 0.6) is 0 Å². The van der Waals surface area contributed by atoms with Crippen molar-refractivity contribution >= 4 is 39.8 Å². The first-order chi connectivity index (χ1) is 12.6. The average Bonchev–Trinajstić information content (AvgIpc) is 3.21. The first-order valence-electron chi connectivity index (χ1n) is 10.6. The minimum atomic E-state index is -2.81. The van der Waals surface area contributed by atoms with Gasteiger partial charge < -0.3 is 15.1 Å². The minimum Gasteiger partial charge on any atom is -0.354 e. The smallest absolute Gasteiger partial charge is 0.194 e. The maximum absolute atomic E-state index is 11.7. The van der Waals surface area contributed by atoms with Gasteiger partial charge in [-0.3, -0.25) is 4.99 Å². The van der Waals surface area contributed by atoms with Crippen LogP contribution in [0, 0.1) is 11.8 Å². The van der Waals surface area contributed by atoms with Crippen LogP contribution in [-0.2, 0) is 9.84 Å². The summed E-state index contributed by atoms with van der Waals surface area (Å²) >= 11 is 0. The Balaban J connectivity index is 0.00000210. The second kappa shape index (κ2) is 9.61. The molecule has 6 nitrogen and oxygen atoms in total. The van der Waals surface area contributed by atoms with Crippen LogP contribution in [0.1, 0.15) is 44.9 Å². The molecule has 0 bridgehead atoms. The second-order valence-corrected chi connectivity index (χ2v) is 11.0. The van der Waals surface area contributed by atoms with Crippen LogP contribution < -0.4 is 5.32 Å². The zero-order valence-electron chi connectivity index (χ0n) is 16.3. The molecule has 4 aliphatic rings. The molecule has 0 radical (unpaired) electrons. The number of nitrogens with one attached hydrogen (secondary N) is 1. The van der Waals surface area contributed by atoms with Gasteiger partial charge in [-0.2, -0.15) is 0 Å². The monoisotopic (exact) mass is 510 g/mol. The molecule has 3 aliphatic heterocycles. The van der Waals surface area contributed by atoms with E-state index in [1.807, 2.05) is 0 Å². The Bertz CT molecular complexity index is 617. The van der Waals surface area contributed by atoms with Gasteiger partial charge in [-0.25, -0.2) is 8.42 Å². The Morgan fingerprint density at radius 3 is 2.44 bits per heavy atom. The van der Waals surface area contributed by atoms with Crippen molar-refractivity contribution in [3.8, 4) is 0 Å². The molecule has 1 saturated carbocycles.